The quantitative estimate of drug-likeness (QED) is 0.774. The molecule has 0 N–H and O–H groups in total. The van der Waals surface area contributed by atoms with Gasteiger partial charge in [-0.1, -0.05) is 12.1 Å². The topological polar surface area (TPSA) is 56.6 Å². The summed E-state index contributed by atoms with van der Waals surface area (Å²) in [7, 11) is 0. The van der Waals surface area contributed by atoms with Gasteiger partial charge >= 0.3 is 0 Å². The molecule has 2 saturated heterocycles. The molecule has 0 aliphatic carbocycles. The van der Waals surface area contributed by atoms with Crippen molar-refractivity contribution in [2.24, 2.45) is 0 Å². The third-order valence-electron chi connectivity index (χ3n) is 4.97. The van der Waals surface area contributed by atoms with Gasteiger partial charge in [0.15, 0.2) is 6.61 Å². The van der Waals surface area contributed by atoms with Crippen LogP contribution in [0.5, 0.6) is 5.75 Å². The van der Waals surface area contributed by atoms with Crippen LogP contribution in [0, 0.1) is 11.3 Å². The molecule has 5 nitrogen and oxygen atoms in total. The monoisotopic (exact) mass is 339 g/mol. The Labute approximate surface area is 149 Å². The third kappa shape index (κ3) is 4.83. The van der Waals surface area contributed by atoms with Crippen LogP contribution in [0.1, 0.15) is 31.2 Å². The second-order valence-electron chi connectivity index (χ2n) is 6.67. The Balaban J connectivity index is 1.53. The van der Waals surface area contributed by atoms with Crippen LogP contribution in [0.15, 0.2) is 30.3 Å². The number of carbonyl (C=O) groups excluding carboxylic acids is 1. The van der Waals surface area contributed by atoms with E-state index >= 15 is 0 Å². The number of benzene rings is 1. The second kappa shape index (κ2) is 8.68. The van der Waals surface area contributed by atoms with E-state index in [1.807, 2.05) is 41.3 Å². The van der Waals surface area contributed by atoms with Crippen molar-refractivity contribution in [1.29, 1.82) is 5.26 Å². The zero-order chi connectivity index (χ0) is 17.5. The summed E-state index contributed by atoms with van der Waals surface area (Å²) in [6.07, 6.45) is 8.38. The SMILES string of the molecule is N#CCOc1ccc(/C=C\C(=O)N2CCC[C@@H](N3CCCC3)C2)cc1. The number of ether oxygens (including phenoxy) is 1. The lowest BCUT2D eigenvalue weighted by Gasteiger charge is -2.37. The van der Waals surface area contributed by atoms with Crippen molar-refractivity contribution in [1.82, 2.24) is 9.80 Å². The fourth-order valence-electron chi connectivity index (χ4n) is 3.62. The van der Waals surface area contributed by atoms with Crippen LogP contribution in [0.4, 0.5) is 0 Å². The zero-order valence-corrected chi connectivity index (χ0v) is 14.6. The highest BCUT2D eigenvalue weighted by atomic mass is 16.5. The number of piperidine rings is 1. The number of hydrogen-bond donors (Lipinski definition) is 0. The molecule has 132 valence electrons. The molecule has 1 aromatic rings. The van der Waals surface area contributed by atoms with Crippen LogP contribution in [-0.4, -0.2) is 54.5 Å². The fourth-order valence-corrected chi connectivity index (χ4v) is 3.62. The summed E-state index contributed by atoms with van der Waals surface area (Å²) < 4.78 is 5.23. The molecule has 2 fully saturated rings. The van der Waals surface area contributed by atoms with Crippen LogP contribution in [0.25, 0.3) is 6.08 Å². The van der Waals surface area contributed by atoms with Crippen molar-refractivity contribution in [2.75, 3.05) is 32.8 Å². The summed E-state index contributed by atoms with van der Waals surface area (Å²) in [4.78, 5) is 17.0. The van der Waals surface area contributed by atoms with Gasteiger partial charge < -0.3 is 9.64 Å². The van der Waals surface area contributed by atoms with Crippen molar-refractivity contribution in [3.05, 3.63) is 35.9 Å². The zero-order valence-electron chi connectivity index (χ0n) is 14.6. The molecule has 1 aromatic carbocycles. The molecule has 2 aliphatic heterocycles. The maximum absolute atomic E-state index is 12.5. The molecule has 0 spiro atoms. The van der Waals surface area contributed by atoms with Gasteiger partial charge in [0.25, 0.3) is 0 Å². The number of nitrogens with zero attached hydrogens (tertiary/aromatic N) is 3. The number of hydrogen-bond acceptors (Lipinski definition) is 4. The first-order valence-electron chi connectivity index (χ1n) is 9.07. The van der Waals surface area contributed by atoms with Gasteiger partial charge in [0, 0.05) is 25.2 Å². The summed E-state index contributed by atoms with van der Waals surface area (Å²) in [5.41, 5.74) is 0.950. The first-order valence-corrected chi connectivity index (χ1v) is 9.07. The molecule has 2 aliphatic rings. The highest BCUT2D eigenvalue weighted by molar-refractivity contribution is 5.91. The van der Waals surface area contributed by atoms with E-state index in [9.17, 15) is 4.79 Å². The largest absolute Gasteiger partial charge is 0.479 e. The Kier molecular flexibility index (Phi) is 6.08. The van der Waals surface area contributed by atoms with Gasteiger partial charge in [-0.3, -0.25) is 9.69 Å². The first kappa shape index (κ1) is 17.5. The molecular weight excluding hydrogens is 314 g/mol. The van der Waals surface area contributed by atoms with Gasteiger partial charge in [-0.25, -0.2) is 0 Å². The van der Waals surface area contributed by atoms with Gasteiger partial charge in [-0.15, -0.1) is 0 Å². The minimum Gasteiger partial charge on any atom is -0.479 e. The number of likely N-dealkylation sites (tertiary alicyclic amines) is 2. The van der Waals surface area contributed by atoms with E-state index in [1.165, 1.54) is 32.4 Å². The molecule has 0 radical (unpaired) electrons. The molecule has 0 aromatic heterocycles. The lowest BCUT2D eigenvalue weighted by molar-refractivity contribution is -0.127. The van der Waals surface area contributed by atoms with Gasteiger partial charge in [-0.2, -0.15) is 5.26 Å². The van der Waals surface area contributed by atoms with E-state index in [-0.39, 0.29) is 12.5 Å². The van der Waals surface area contributed by atoms with E-state index in [4.69, 9.17) is 10.00 Å². The van der Waals surface area contributed by atoms with Crippen LogP contribution in [-0.2, 0) is 4.79 Å². The molecule has 3 rings (SSSR count). The molecule has 2 heterocycles. The Bertz CT molecular complexity index is 642. The number of nitriles is 1. The average molecular weight is 339 g/mol. The van der Waals surface area contributed by atoms with E-state index in [1.54, 1.807) is 6.08 Å². The molecule has 1 amide bonds. The van der Waals surface area contributed by atoms with Gasteiger partial charge in [0.05, 0.1) is 0 Å². The maximum atomic E-state index is 12.5. The summed E-state index contributed by atoms with van der Waals surface area (Å²) in [6, 6.07) is 9.87. The number of carbonyl (C=O) groups is 1. The standard InChI is InChI=1S/C20H25N3O2/c21-11-15-25-19-8-5-17(6-9-19)7-10-20(24)23-14-3-4-18(16-23)22-12-1-2-13-22/h5-10,18H,1-4,12-16H2/b10-7-/t18-/m1/s1. The molecule has 5 heteroatoms. The molecule has 1 atom stereocenters. The van der Waals surface area contributed by atoms with Crippen molar-refractivity contribution >= 4 is 12.0 Å². The summed E-state index contributed by atoms with van der Waals surface area (Å²) in [5.74, 6) is 0.753. The lowest BCUT2D eigenvalue weighted by atomic mass is 10.0. The lowest BCUT2D eigenvalue weighted by Crippen LogP contribution is -2.48. The molecule has 25 heavy (non-hydrogen) atoms. The Morgan fingerprint density at radius 3 is 2.68 bits per heavy atom. The third-order valence-corrected chi connectivity index (χ3v) is 4.97. The van der Waals surface area contributed by atoms with E-state index in [0.29, 0.717) is 11.8 Å². The normalized spacial score (nSPS) is 21.4. The molecule has 0 saturated carbocycles. The van der Waals surface area contributed by atoms with Gasteiger partial charge in [0.1, 0.15) is 11.8 Å². The summed E-state index contributed by atoms with van der Waals surface area (Å²) in [5, 5.41) is 8.51. The predicted octanol–water partition coefficient (Wildman–Crippen LogP) is 2.69. The number of rotatable bonds is 5. The van der Waals surface area contributed by atoms with Gasteiger partial charge in [0.2, 0.25) is 5.91 Å². The van der Waals surface area contributed by atoms with E-state index < -0.39 is 0 Å². The second-order valence-corrected chi connectivity index (χ2v) is 6.67. The predicted molar refractivity (Wildman–Crippen MR) is 97.0 cm³/mol. The van der Waals surface area contributed by atoms with E-state index in [2.05, 4.69) is 4.90 Å². The van der Waals surface area contributed by atoms with Crippen LogP contribution >= 0.6 is 0 Å². The van der Waals surface area contributed by atoms with Crippen LogP contribution < -0.4 is 4.74 Å². The van der Waals surface area contributed by atoms with Crippen LogP contribution in [0.3, 0.4) is 0 Å². The Morgan fingerprint density at radius 2 is 1.96 bits per heavy atom. The molecular formula is C20H25N3O2. The van der Waals surface area contributed by atoms with Crippen molar-refractivity contribution < 1.29 is 9.53 Å². The summed E-state index contributed by atoms with van der Waals surface area (Å²) in [6.45, 7) is 4.12. The van der Waals surface area contributed by atoms with Crippen molar-refractivity contribution in [3.8, 4) is 11.8 Å². The first-order chi connectivity index (χ1) is 12.3. The average Bonchev–Trinajstić information content (AvgIpc) is 3.20. The smallest absolute Gasteiger partial charge is 0.246 e. The highest BCUT2D eigenvalue weighted by Crippen LogP contribution is 2.21. The van der Waals surface area contributed by atoms with Crippen LogP contribution in [0.2, 0.25) is 0 Å². The maximum Gasteiger partial charge on any atom is 0.246 e. The minimum atomic E-state index is 0.0425. The Morgan fingerprint density at radius 1 is 1.20 bits per heavy atom. The minimum absolute atomic E-state index is 0.0425. The van der Waals surface area contributed by atoms with Crippen molar-refractivity contribution in [3.63, 3.8) is 0 Å². The van der Waals surface area contributed by atoms with Gasteiger partial charge in [-0.05, 0) is 62.5 Å². The summed E-state index contributed by atoms with van der Waals surface area (Å²) >= 11 is 0. The Hall–Kier alpha value is -2.32. The molecule has 0 unspecified atom stereocenters. The van der Waals surface area contributed by atoms with E-state index in [0.717, 1.165) is 25.1 Å². The highest BCUT2D eigenvalue weighted by Gasteiger charge is 2.28. The fraction of sp³-hybridized carbons (Fsp3) is 0.500. The number of amides is 1. The van der Waals surface area contributed by atoms with Crippen molar-refractivity contribution in [2.45, 2.75) is 31.7 Å². The molecule has 0 bridgehead atoms.